The summed E-state index contributed by atoms with van der Waals surface area (Å²) in [6.45, 7) is 7.76. The molecule has 1 fully saturated rings. The third-order valence-corrected chi connectivity index (χ3v) is 10.7. The van der Waals surface area contributed by atoms with Crippen molar-refractivity contribution >= 4 is 27.0 Å². The van der Waals surface area contributed by atoms with E-state index in [1.807, 2.05) is 70.2 Å². The normalized spacial score (nSPS) is 17.5. The van der Waals surface area contributed by atoms with Crippen molar-refractivity contribution in [2.75, 3.05) is 0 Å². The molecule has 0 saturated carbocycles. The lowest BCUT2D eigenvalue weighted by Crippen LogP contribution is -2.45. The van der Waals surface area contributed by atoms with Gasteiger partial charge in [-0.2, -0.15) is 0 Å². The fraction of sp³-hybridized carbons (Fsp3) is 0.297. The predicted molar refractivity (Wildman–Crippen MR) is 180 cm³/mol. The average molecular weight is 652 g/mol. The van der Waals surface area contributed by atoms with Gasteiger partial charge in [0.15, 0.2) is 0 Å². The summed E-state index contributed by atoms with van der Waals surface area (Å²) in [4.78, 5) is 28.8. The van der Waals surface area contributed by atoms with Gasteiger partial charge in [0, 0.05) is 41.4 Å². The number of carbonyl (C=O) groups excluding carboxylic acids is 1. The first-order valence-electron chi connectivity index (χ1n) is 15.8. The van der Waals surface area contributed by atoms with Gasteiger partial charge in [0.1, 0.15) is 18.0 Å². The number of hydrogen-bond donors (Lipinski definition) is 0. The maximum absolute atomic E-state index is 14.4. The van der Waals surface area contributed by atoms with Gasteiger partial charge >= 0.3 is 6.09 Å². The second-order valence-electron chi connectivity index (χ2n) is 13.3. The van der Waals surface area contributed by atoms with Gasteiger partial charge in [-0.15, -0.1) is 0 Å². The van der Waals surface area contributed by atoms with Crippen molar-refractivity contribution in [2.45, 2.75) is 76.1 Å². The van der Waals surface area contributed by atoms with E-state index in [9.17, 15) is 18.0 Å². The van der Waals surface area contributed by atoms with Crippen LogP contribution in [0.15, 0.2) is 101 Å². The van der Waals surface area contributed by atoms with Crippen LogP contribution in [-0.2, 0) is 27.8 Å². The smallest absolute Gasteiger partial charge is 0.411 e. The predicted octanol–water partition coefficient (Wildman–Crippen LogP) is 6.91. The van der Waals surface area contributed by atoms with E-state index in [1.54, 1.807) is 47.5 Å². The molecule has 0 radical (unpaired) electrons. The Balaban J connectivity index is 1.34. The monoisotopic (exact) mass is 651 g/mol. The summed E-state index contributed by atoms with van der Waals surface area (Å²) < 4.78 is 43.5. The number of carbonyl (C=O) groups is 1. The lowest BCUT2D eigenvalue weighted by molar-refractivity contribution is 0.0125. The summed E-state index contributed by atoms with van der Waals surface area (Å²) in [5, 5.41) is 0.731. The zero-order valence-electron chi connectivity index (χ0n) is 26.8. The van der Waals surface area contributed by atoms with E-state index >= 15 is 0 Å². The summed E-state index contributed by atoms with van der Waals surface area (Å²) in [5.41, 5.74) is 3.43. The van der Waals surface area contributed by atoms with Gasteiger partial charge in [-0.25, -0.2) is 17.2 Å². The lowest BCUT2D eigenvalue weighted by Gasteiger charge is -2.36. The van der Waals surface area contributed by atoms with Crippen molar-refractivity contribution in [3.63, 3.8) is 0 Å². The van der Waals surface area contributed by atoms with Crippen molar-refractivity contribution < 1.29 is 22.7 Å². The van der Waals surface area contributed by atoms with E-state index in [-0.39, 0.29) is 22.5 Å². The molecule has 2 aromatic heterocycles. The number of nitrogens with zero attached hydrogens (tertiary/aromatic N) is 3. The number of fused-ring (bicyclic) bond motifs is 6. The molecule has 2 aliphatic heterocycles. The molecule has 9 nitrogen and oxygen atoms in total. The van der Waals surface area contributed by atoms with E-state index in [0.29, 0.717) is 42.1 Å². The Morgan fingerprint density at radius 1 is 0.936 bits per heavy atom. The van der Waals surface area contributed by atoms with Crippen LogP contribution in [0.4, 0.5) is 4.79 Å². The topological polar surface area (TPSA) is 99.8 Å². The van der Waals surface area contributed by atoms with Crippen LogP contribution in [0, 0.1) is 6.92 Å². The Hall–Kier alpha value is -4.83. The van der Waals surface area contributed by atoms with Gasteiger partial charge in [-0.05, 0) is 76.4 Å². The molecule has 0 spiro atoms. The Bertz CT molecular complexity index is 2160. The maximum Gasteiger partial charge on any atom is 0.411 e. The van der Waals surface area contributed by atoms with Crippen LogP contribution in [0.25, 0.3) is 16.6 Å². The number of aryl methyl sites for hydroxylation is 1. The molecule has 3 aromatic carbocycles. The second-order valence-corrected chi connectivity index (χ2v) is 15.1. The Morgan fingerprint density at radius 3 is 2.38 bits per heavy atom. The zero-order valence-corrected chi connectivity index (χ0v) is 27.7. The molecule has 47 heavy (non-hydrogen) atoms. The molecule has 7 rings (SSSR count). The Labute approximate surface area is 274 Å². The van der Waals surface area contributed by atoms with Gasteiger partial charge in [-0.3, -0.25) is 14.3 Å². The highest BCUT2D eigenvalue weighted by Crippen LogP contribution is 2.49. The molecule has 2 atom stereocenters. The number of rotatable bonds is 6. The Morgan fingerprint density at radius 2 is 1.68 bits per heavy atom. The second kappa shape index (κ2) is 11.5. The molecular weight excluding hydrogens is 614 g/mol. The van der Waals surface area contributed by atoms with Crippen LogP contribution in [0.3, 0.4) is 0 Å². The molecule has 2 unspecified atom stereocenters. The maximum atomic E-state index is 14.4. The molecule has 1 saturated heterocycles. The van der Waals surface area contributed by atoms with Crippen molar-refractivity contribution in [3.8, 4) is 11.4 Å². The fourth-order valence-corrected chi connectivity index (χ4v) is 8.38. The molecule has 242 valence electrons. The van der Waals surface area contributed by atoms with Crippen LogP contribution < -0.4 is 10.3 Å². The van der Waals surface area contributed by atoms with E-state index in [4.69, 9.17) is 9.47 Å². The molecule has 2 bridgehead atoms. The van der Waals surface area contributed by atoms with Crippen molar-refractivity contribution in [2.24, 2.45) is 0 Å². The third-order valence-electron chi connectivity index (χ3n) is 8.89. The highest BCUT2D eigenvalue weighted by molar-refractivity contribution is 7.90. The van der Waals surface area contributed by atoms with Crippen molar-refractivity contribution in [3.05, 3.63) is 124 Å². The number of amides is 1. The quantitative estimate of drug-likeness (QED) is 0.198. The Kier molecular flexibility index (Phi) is 7.50. The average Bonchev–Trinajstić information content (AvgIpc) is 3.53. The minimum Gasteiger partial charge on any atom is -0.489 e. The number of hydrogen-bond acceptors (Lipinski definition) is 6. The highest BCUT2D eigenvalue weighted by atomic mass is 32.2. The van der Waals surface area contributed by atoms with E-state index in [2.05, 4.69) is 0 Å². The first kappa shape index (κ1) is 30.8. The van der Waals surface area contributed by atoms with E-state index in [1.165, 1.54) is 14.6 Å². The summed E-state index contributed by atoms with van der Waals surface area (Å²) >= 11 is 0. The van der Waals surface area contributed by atoms with Gasteiger partial charge in [0.05, 0.1) is 22.1 Å². The van der Waals surface area contributed by atoms with Crippen molar-refractivity contribution in [1.82, 2.24) is 13.4 Å². The molecule has 0 N–H and O–H groups in total. The van der Waals surface area contributed by atoms with Crippen LogP contribution in [0.1, 0.15) is 62.0 Å². The zero-order chi connectivity index (χ0) is 33.1. The number of pyridine rings is 1. The SMILES string of the molecule is Cc1ccc(S(=O)(=O)n2c3c(c4ccc(-n5ccc(OCc6ccccc6)cc5=O)cc42)C2CCC(C3)N2C(=O)OC(C)(C)C)cc1. The summed E-state index contributed by atoms with van der Waals surface area (Å²) in [5.74, 6) is 0.440. The van der Waals surface area contributed by atoms with Crippen molar-refractivity contribution in [1.29, 1.82) is 0 Å². The van der Waals surface area contributed by atoms with Crippen LogP contribution in [0.5, 0.6) is 5.75 Å². The number of benzene rings is 3. The minimum atomic E-state index is -4.04. The molecule has 4 heterocycles. The van der Waals surface area contributed by atoms with Gasteiger partial charge in [0.25, 0.3) is 15.6 Å². The first-order valence-corrected chi connectivity index (χ1v) is 17.3. The lowest BCUT2D eigenvalue weighted by atomic mass is 9.97. The van der Waals surface area contributed by atoms with Gasteiger partial charge in [0.2, 0.25) is 0 Å². The standard InChI is InChI=1S/C37H37N3O6S/c1-24-10-14-29(15-11-24)47(43,44)40-32-20-26(38-19-18-28(22-34(38)41)45-23-25-8-6-5-7-9-25)12-16-30(32)35-31-17-13-27(21-33(35)40)39(31)36(42)46-37(2,3)4/h5-12,14-16,18-20,22,27,31H,13,17,21,23H2,1-4H3. The molecule has 1 amide bonds. The van der Waals surface area contributed by atoms with Crippen LogP contribution in [0.2, 0.25) is 0 Å². The minimum absolute atomic E-state index is 0.173. The summed E-state index contributed by atoms with van der Waals surface area (Å²) in [6.07, 6.45) is 3.06. The number of ether oxygens (including phenoxy) is 2. The third kappa shape index (κ3) is 5.60. The first-order chi connectivity index (χ1) is 22.4. The molecular formula is C37H37N3O6S. The summed E-state index contributed by atoms with van der Waals surface area (Å²) in [6, 6.07) is 24.6. The molecule has 5 aromatic rings. The fourth-order valence-electron chi connectivity index (χ4n) is 6.82. The van der Waals surface area contributed by atoms with E-state index in [0.717, 1.165) is 28.5 Å². The molecule has 0 aliphatic carbocycles. The highest BCUT2D eigenvalue weighted by Gasteiger charge is 2.48. The van der Waals surface area contributed by atoms with Crippen LogP contribution >= 0.6 is 0 Å². The summed E-state index contributed by atoms with van der Waals surface area (Å²) in [7, 11) is -4.04. The molecule has 10 heteroatoms. The van der Waals surface area contributed by atoms with E-state index < -0.39 is 21.7 Å². The molecule has 2 aliphatic rings. The number of aromatic nitrogens is 2. The van der Waals surface area contributed by atoms with Gasteiger partial charge in [-0.1, -0.05) is 54.1 Å². The van der Waals surface area contributed by atoms with Crippen LogP contribution in [-0.4, -0.2) is 39.6 Å². The van der Waals surface area contributed by atoms with Gasteiger partial charge < -0.3 is 9.47 Å². The largest absolute Gasteiger partial charge is 0.489 e.